The molecular weight excluding hydrogens is 360 g/mol. The van der Waals surface area contributed by atoms with Gasteiger partial charge in [-0.25, -0.2) is 19.2 Å². The number of hydrogen-bond donors (Lipinski definition) is 0. The van der Waals surface area contributed by atoms with E-state index in [-0.39, 0.29) is 23.0 Å². The van der Waals surface area contributed by atoms with Crippen molar-refractivity contribution in [1.29, 1.82) is 0 Å². The molecule has 0 saturated heterocycles. The molecule has 0 aliphatic carbocycles. The van der Waals surface area contributed by atoms with Crippen LogP contribution in [-0.2, 0) is 18.9 Å². The van der Waals surface area contributed by atoms with Crippen molar-refractivity contribution in [3.8, 4) is 11.5 Å². The zero-order valence-corrected chi connectivity index (χ0v) is 14.7. The van der Waals surface area contributed by atoms with Crippen LogP contribution in [0.1, 0.15) is 33.2 Å². The Bertz CT molecular complexity index is 608. The summed E-state index contributed by atoms with van der Waals surface area (Å²) < 4.78 is 28.1. The van der Waals surface area contributed by atoms with Gasteiger partial charge in [-0.2, -0.15) is 0 Å². The zero-order valence-electron chi connectivity index (χ0n) is 13.9. The Hall–Kier alpha value is -2.82. The van der Waals surface area contributed by atoms with Crippen LogP contribution in [0.5, 0.6) is 11.5 Å². The first-order valence-electron chi connectivity index (χ1n) is 6.92. The highest BCUT2D eigenvalue weighted by atomic mass is 32.1. The van der Waals surface area contributed by atoms with Gasteiger partial charge in [0.25, 0.3) is 0 Å². The van der Waals surface area contributed by atoms with E-state index in [1.165, 1.54) is 0 Å². The quantitative estimate of drug-likeness (QED) is 0.540. The molecule has 0 radical (unpaired) electrons. The molecule has 0 aliphatic heterocycles. The van der Waals surface area contributed by atoms with Gasteiger partial charge < -0.3 is 28.4 Å². The summed E-state index contributed by atoms with van der Waals surface area (Å²) >= 11 is 0.573. The lowest BCUT2D eigenvalue weighted by Gasteiger charge is -2.08. The van der Waals surface area contributed by atoms with Crippen LogP contribution in [0.25, 0.3) is 0 Å². The van der Waals surface area contributed by atoms with Crippen molar-refractivity contribution >= 4 is 35.6 Å². The Kier molecular flexibility index (Phi) is 7.66. The molecule has 0 fully saturated rings. The molecule has 0 aromatic carbocycles. The Labute approximate surface area is 146 Å². The maximum atomic E-state index is 12.1. The van der Waals surface area contributed by atoms with Crippen molar-refractivity contribution in [2.75, 3.05) is 27.4 Å². The van der Waals surface area contributed by atoms with Crippen LogP contribution in [-0.4, -0.2) is 51.7 Å². The summed E-state index contributed by atoms with van der Waals surface area (Å²) in [6.45, 7) is 3.17. The van der Waals surface area contributed by atoms with E-state index in [1.54, 1.807) is 13.8 Å². The van der Waals surface area contributed by atoms with Crippen LogP contribution in [0.2, 0.25) is 0 Å². The lowest BCUT2D eigenvalue weighted by atomic mass is 10.3. The van der Waals surface area contributed by atoms with E-state index in [0.717, 1.165) is 14.2 Å². The summed E-state index contributed by atoms with van der Waals surface area (Å²) in [5.41, 5.74) is 0. The summed E-state index contributed by atoms with van der Waals surface area (Å²) in [6, 6.07) is 0. The van der Waals surface area contributed by atoms with Gasteiger partial charge in [0, 0.05) is 0 Å². The number of hydrogen-bond acceptors (Lipinski definition) is 11. The van der Waals surface area contributed by atoms with Crippen LogP contribution < -0.4 is 9.47 Å². The molecule has 0 bridgehead atoms. The van der Waals surface area contributed by atoms with Crippen LogP contribution in [0, 0.1) is 0 Å². The van der Waals surface area contributed by atoms with Crippen molar-refractivity contribution in [1.82, 2.24) is 0 Å². The number of carbonyl (C=O) groups excluding carboxylic acids is 4. The molecule has 0 saturated carbocycles. The number of methoxy groups -OCH3 is 2. The fourth-order valence-corrected chi connectivity index (χ4v) is 2.44. The number of ether oxygens (including phenoxy) is 6. The zero-order chi connectivity index (χ0) is 19.0. The van der Waals surface area contributed by atoms with Crippen molar-refractivity contribution in [2.45, 2.75) is 13.8 Å². The monoisotopic (exact) mass is 376 g/mol. The maximum absolute atomic E-state index is 12.1. The van der Waals surface area contributed by atoms with Gasteiger partial charge in [0.1, 0.15) is 0 Å². The smallest absolute Gasteiger partial charge is 0.462 e. The predicted octanol–water partition coefficient (Wildman–Crippen LogP) is 2.39. The number of carbonyl (C=O) groups is 4. The summed E-state index contributed by atoms with van der Waals surface area (Å²) in [5, 5.41) is 0. The van der Waals surface area contributed by atoms with Gasteiger partial charge in [0.15, 0.2) is 9.75 Å². The molecule has 0 atom stereocenters. The molecule has 1 aromatic heterocycles. The molecule has 25 heavy (non-hydrogen) atoms. The highest BCUT2D eigenvalue weighted by Crippen LogP contribution is 2.43. The van der Waals surface area contributed by atoms with Gasteiger partial charge in [0.2, 0.25) is 11.5 Å². The fourth-order valence-electron chi connectivity index (χ4n) is 1.50. The van der Waals surface area contributed by atoms with Gasteiger partial charge in [-0.05, 0) is 13.8 Å². The van der Waals surface area contributed by atoms with Crippen molar-refractivity contribution in [3.63, 3.8) is 0 Å². The minimum Gasteiger partial charge on any atom is -0.462 e. The second-order valence-corrected chi connectivity index (χ2v) is 4.99. The van der Waals surface area contributed by atoms with E-state index in [4.69, 9.17) is 18.9 Å². The van der Waals surface area contributed by atoms with E-state index in [1.807, 2.05) is 0 Å². The Morgan fingerprint density at radius 3 is 1.40 bits per heavy atom. The average molecular weight is 376 g/mol. The Morgan fingerprint density at radius 1 is 0.760 bits per heavy atom. The van der Waals surface area contributed by atoms with E-state index in [9.17, 15) is 19.2 Å². The molecule has 0 spiro atoms. The Balaban J connectivity index is 3.50. The average Bonchev–Trinajstić information content (AvgIpc) is 2.93. The van der Waals surface area contributed by atoms with Crippen molar-refractivity contribution < 1.29 is 47.6 Å². The van der Waals surface area contributed by atoms with Gasteiger partial charge >= 0.3 is 24.2 Å². The van der Waals surface area contributed by atoms with E-state index in [0.29, 0.717) is 11.3 Å². The molecule has 1 heterocycles. The fraction of sp³-hybridized carbons (Fsp3) is 0.429. The second kappa shape index (κ2) is 9.47. The molecule has 0 amide bonds. The van der Waals surface area contributed by atoms with Crippen molar-refractivity contribution in [3.05, 3.63) is 9.75 Å². The van der Waals surface area contributed by atoms with E-state index < -0.39 is 35.7 Å². The summed E-state index contributed by atoms with van der Waals surface area (Å²) in [6.07, 6.45) is -2.40. The SMILES string of the molecule is CCOC(=O)c1sc(C(=O)OCC)c(OC(=O)OC)c1OC(=O)OC. The lowest BCUT2D eigenvalue weighted by Crippen LogP contribution is -2.14. The minimum absolute atomic E-state index is 0.0241. The number of thiophene rings is 1. The maximum Gasteiger partial charge on any atom is 0.513 e. The molecule has 138 valence electrons. The molecule has 0 N–H and O–H groups in total. The van der Waals surface area contributed by atoms with Crippen LogP contribution in [0.3, 0.4) is 0 Å². The third kappa shape index (κ3) is 5.08. The highest BCUT2D eigenvalue weighted by molar-refractivity contribution is 7.16. The molecular formula is C14H16O10S. The number of rotatable bonds is 6. The van der Waals surface area contributed by atoms with Gasteiger partial charge in [-0.15, -0.1) is 11.3 Å². The highest BCUT2D eigenvalue weighted by Gasteiger charge is 2.34. The predicted molar refractivity (Wildman–Crippen MR) is 82.3 cm³/mol. The van der Waals surface area contributed by atoms with Crippen molar-refractivity contribution in [2.24, 2.45) is 0 Å². The lowest BCUT2D eigenvalue weighted by molar-refractivity contribution is 0.0514. The Morgan fingerprint density at radius 2 is 1.12 bits per heavy atom. The number of esters is 2. The van der Waals surface area contributed by atoms with Crippen LogP contribution in [0.4, 0.5) is 9.59 Å². The third-order valence-corrected chi connectivity index (χ3v) is 3.56. The van der Waals surface area contributed by atoms with E-state index >= 15 is 0 Å². The standard InChI is InChI=1S/C14H16O10S/c1-5-21-11(15)9-7(23-13(17)19-3)8(24-14(18)20-4)10(25-9)12(16)22-6-2/h5-6H2,1-4H3. The molecule has 10 nitrogen and oxygen atoms in total. The third-order valence-electron chi connectivity index (χ3n) is 2.45. The first-order valence-corrected chi connectivity index (χ1v) is 7.73. The van der Waals surface area contributed by atoms with Gasteiger partial charge in [-0.1, -0.05) is 0 Å². The van der Waals surface area contributed by atoms with Gasteiger partial charge in [-0.3, -0.25) is 0 Å². The second-order valence-electron chi connectivity index (χ2n) is 3.97. The molecule has 1 rings (SSSR count). The summed E-state index contributed by atoms with van der Waals surface area (Å²) in [4.78, 5) is 46.5. The largest absolute Gasteiger partial charge is 0.513 e. The molecule has 0 unspecified atom stereocenters. The first kappa shape index (κ1) is 20.2. The molecule has 1 aromatic rings. The normalized spacial score (nSPS) is 9.76. The van der Waals surface area contributed by atoms with E-state index in [2.05, 4.69) is 9.47 Å². The minimum atomic E-state index is -1.20. The van der Waals surface area contributed by atoms with Gasteiger partial charge in [0.05, 0.1) is 27.4 Å². The first-order chi connectivity index (χ1) is 11.9. The summed E-state index contributed by atoms with van der Waals surface area (Å²) in [5.74, 6) is -2.80. The molecule has 0 aliphatic rings. The topological polar surface area (TPSA) is 124 Å². The van der Waals surface area contributed by atoms with Crippen LogP contribution >= 0.6 is 11.3 Å². The summed E-state index contributed by atoms with van der Waals surface area (Å²) in [7, 11) is 2.07. The van der Waals surface area contributed by atoms with Crippen LogP contribution in [0.15, 0.2) is 0 Å². The molecule has 11 heteroatoms.